The topological polar surface area (TPSA) is 88.3 Å². The van der Waals surface area contributed by atoms with Gasteiger partial charge in [-0.1, -0.05) is 6.07 Å². The van der Waals surface area contributed by atoms with Crippen molar-refractivity contribution in [3.63, 3.8) is 0 Å². The maximum absolute atomic E-state index is 13.0. The number of hydrogen-bond acceptors (Lipinski definition) is 5. The van der Waals surface area contributed by atoms with Crippen molar-refractivity contribution in [1.29, 1.82) is 0 Å². The van der Waals surface area contributed by atoms with Gasteiger partial charge in [0.05, 0.1) is 27.7 Å². The van der Waals surface area contributed by atoms with Gasteiger partial charge in [0.25, 0.3) is 5.91 Å². The molecule has 0 aromatic carbocycles. The number of nitrogens with zero attached hydrogens (tertiary/aromatic N) is 4. The smallest absolute Gasteiger partial charge is 0.323 e. The Morgan fingerprint density at radius 2 is 2.15 bits per heavy atom. The van der Waals surface area contributed by atoms with Crippen LogP contribution in [0.15, 0.2) is 29.8 Å². The molecule has 0 fully saturated rings. The number of pyridine rings is 1. The Labute approximate surface area is 154 Å². The van der Waals surface area contributed by atoms with Gasteiger partial charge >= 0.3 is 5.97 Å². The third-order valence-electron chi connectivity index (χ3n) is 4.05. The first-order valence-corrected chi connectivity index (χ1v) is 9.23. The van der Waals surface area contributed by atoms with Crippen LogP contribution in [0.5, 0.6) is 0 Å². The minimum absolute atomic E-state index is 0.0860. The molecule has 1 N–H and O–H groups in total. The molecule has 3 heterocycles. The molecule has 0 aliphatic heterocycles. The fourth-order valence-corrected chi connectivity index (χ4v) is 3.47. The summed E-state index contributed by atoms with van der Waals surface area (Å²) >= 11 is 1.54. The summed E-state index contributed by atoms with van der Waals surface area (Å²) in [6.07, 6.45) is 1.63. The standard InChI is InChI=1S/C18H20N4O3S/c1-4-21(10-16(23)24)18(25)12-8-14(15-6-5-7-26-15)20-17-13(12)9-19-22(17)11(2)3/h5-9,11H,4,10H2,1-3H3,(H,23,24). The third kappa shape index (κ3) is 3.32. The Morgan fingerprint density at radius 1 is 1.38 bits per heavy atom. The van der Waals surface area contributed by atoms with Crippen molar-refractivity contribution in [3.05, 3.63) is 35.3 Å². The zero-order valence-corrected chi connectivity index (χ0v) is 15.7. The Hall–Kier alpha value is -2.74. The van der Waals surface area contributed by atoms with Gasteiger partial charge in [0.15, 0.2) is 5.65 Å². The summed E-state index contributed by atoms with van der Waals surface area (Å²) in [7, 11) is 0. The number of carbonyl (C=O) groups is 2. The number of aromatic nitrogens is 3. The van der Waals surface area contributed by atoms with Crippen LogP contribution < -0.4 is 0 Å². The van der Waals surface area contributed by atoms with Crippen LogP contribution in [0.1, 0.15) is 37.2 Å². The maximum atomic E-state index is 13.0. The van der Waals surface area contributed by atoms with Crippen LogP contribution >= 0.6 is 11.3 Å². The summed E-state index contributed by atoms with van der Waals surface area (Å²) in [5, 5.41) is 16.0. The highest BCUT2D eigenvalue weighted by Gasteiger charge is 2.23. The van der Waals surface area contributed by atoms with Gasteiger partial charge in [-0.25, -0.2) is 9.67 Å². The zero-order valence-electron chi connectivity index (χ0n) is 14.8. The van der Waals surface area contributed by atoms with E-state index in [-0.39, 0.29) is 18.5 Å². The molecule has 3 aromatic heterocycles. The molecule has 1 amide bonds. The molecule has 0 spiro atoms. The van der Waals surface area contributed by atoms with E-state index < -0.39 is 5.97 Å². The molecule has 26 heavy (non-hydrogen) atoms. The first-order valence-electron chi connectivity index (χ1n) is 8.35. The molecule has 0 aliphatic carbocycles. The summed E-state index contributed by atoms with van der Waals surface area (Å²) in [6.45, 7) is 5.72. The number of fused-ring (bicyclic) bond motifs is 1. The van der Waals surface area contributed by atoms with E-state index >= 15 is 0 Å². The number of carbonyl (C=O) groups excluding carboxylic acids is 1. The van der Waals surface area contributed by atoms with Crippen LogP contribution in [0.4, 0.5) is 0 Å². The van der Waals surface area contributed by atoms with Gasteiger partial charge in [-0.15, -0.1) is 11.3 Å². The van der Waals surface area contributed by atoms with Gasteiger partial charge in [-0.05, 0) is 38.3 Å². The van der Waals surface area contributed by atoms with Gasteiger partial charge in [-0.3, -0.25) is 9.59 Å². The number of carboxylic acid groups (broad SMARTS) is 1. The molecule has 0 bridgehead atoms. The predicted molar refractivity (Wildman–Crippen MR) is 100 cm³/mol. The van der Waals surface area contributed by atoms with E-state index in [2.05, 4.69) is 5.10 Å². The monoisotopic (exact) mass is 372 g/mol. The quantitative estimate of drug-likeness (QED) is 0.717. The average Bonchev–Trinajstić information content (AvgIpc) is 3.27. The average molecular weight is 372 g/mol. The predicted octanol–water partition coefficient (Wildman–Crippen LogP) is 3.29. The van der Waals surface area contributed by atoms with Crippen molar-refractivity contribution in [2.75, 3.05) is 13.1 Å². The molecule has 0 radical (unpaired) electrons. The second kappa shape index (κ2) is 7.25. The first-order chi connectivity index (χ1) is 12.4. The Kier molecular flexibility index (Phi) is 5.03. The van der Waals surface area contributed by atoms with E-state index in [1.807, 2.05) is 31.4 Å². The van der Waals surface area contributed by atoms with Gasteiger partial charge < -0.3 is 10.0 Å². The fourth-order valence-electron chi connectivity index (χ4n) is 2.78. The molecule has 7 nitrogen and oxygen atoms in total. The van der Waals surface area contributed by atoms with E-state index in [0.717, 1.165) is 4.88 Å². The molecule has 0 saturated carbocycles. The van der Waals surface area contributed by atoms with Crippen LogP contribution in [0.25, 0.3) is 21.6 Å². The van der Waals surface area contributed by atoms with Crippen LogP contribution in [0.3, 0.4) is 0 Å². The lowest BCUT2D eigenvalue weighted by Crippen LogP contribution is -2.35. The van der Waals surface area contributed by atoms with E-state index in [9.17, 15) is 9.59 Å². The lowest BCUT2D eigenvalue weighted by molar-refractivity contribution is -0.137. The normalized spacial score (nSPS) is 11.2. The van der Waals surface area contributed by atoms with Crippen molar-refractivity contribution in [2.45, 2.75) is 26.8 Å². The minimum atomic E-state index is -1.04. The Morgan fingerprint density at radius 3 is 2.73 bits per heavy atom. The number of likely N-dealkylation sites (N-methyl/N-ethyl adjacent to an activating group) is 1. The molecule has 3 rings (SSSR count). The van der Waals surface area contributed by atoms with Gasteiger partial charge in [0.1, 0.15) is 6.54 Å². The van der Waals surface area contributed by atoms with Crippen LogP contribution in [-0.4, -0.2) is 49.7 Å². The van der Waals surface area contributed by atoms with Crippen molar-refractivity contribution in [1.82, 2.24) is 19.7 Å². The number of rotatable bonds is 6. The van der Waals surface area contributed by atoms with Crippen molar-refractivity contribution in [2.24, 2.45) is 0 Å². The van der Waals surface area contributed by atoms with Gasteiger partial charge in [-0.2, -0.15) is 5.10 Å². The molecule has 0 atom stereocenters. The lowest BCUT2D eigenvalue weighted by Gasteiger charge is -2.19. The van der Waals surface area contributed by atoms with Crippen molar-refractivity contribution in [3.8, 4) is 10.6 Å². The number of carboxylic acids is 1. The first kappa shape index (κ1) is 18.1. The number of aliphatic carboxylic acids is 1. The Balaban J connectivity index is 2.19. The van der Waals surface area contributed by atoms with E-state index in [4.69, 9.17) is 10.1 Å². The summed E-state index contributed by atoms with van der Waals surface area (Å²) in [4.78, 5) is 31.1. The fraction of sp³-hybridized carbons (Fsp3) is 0.333. The molecule has 0 saturated heterocycles. The van der Waals surface area contributed by atoms with Crippen LogP contribution in [0, 0.1) is 0 Å². The number of amides is 1. The largest absolute Gasteiger partial charge is 0.480 e. The summed E-state index contributed by atoms with van der Waals surface area (Å²) in [5.41, 5.74) is 1.73. The number of thiophene rings is 1. The van der Waals surface area contributed by atoms with E-state index in [1.54, 1.807) is 23.9 Å². The summed E-state index contributed by atoms with van der Waals surface area (Å²) in [6, 6.07) is 5.68. The third-order valence-corrected chi connectivity index (χ3v) is 4.95. The van der Waals surface area contributed by atoms with Crippen LogP contribution in [0.2, 0.25) is 0 Å². The Bertz CT molecular complexity index is 947. The minimum Gasteiger partial charge on any atom is -0.480 e. The number of hydrogen-bond donors (Lipinski definition) is 1. The molecule has 3 aromatic rings. The highest BCUT2D eigenvalue weighted by atomic mass is 32.1. The summed E-state index contributed by atoms with van der Waals surface area (Å²) < 4.78 is 1.77. The SMILES string of the molecule is CCN(CC(=O)O)C(=O)c1cc(-c2cccs2)nc2c1cnn2C(C)C. The highest BCUT2D eigenvalue weighted by molar-refractivity contribution is 7.13. The van der Waals surface area contributed by atoms with E-state index in [0.29, 0.717) is 28.8 Å². The van der Waals surface area contributed by atoms with Gasteiger partial charge in [0.2, 0.25) is 0 Å². The summed E-state index contributed by atoms with van der Waals surface area (Å²) in [5.74, 6) is -1.37. The maximum Gasteiger partial charge on any atom is 0.323 e. The molecule has 0 unspecified atom stereocenters. The zero-order chi connectivity index (χ0) is 18.8. The molecule has 0 aliphatic rings. The van der Waals surface area contributed by atoms with E-state index in [1.165, 1.54) is 16.2 Å². The van der Waals surface area contributed by atoms with Gasteiger partial charge in [0, 0.05) is 12.6 Å². The lowest BCUT2D eigenvalue weighted by atomic mass is 10.1. The molecule has 136 valence electrons. The second-order valence-electron chi connectivity index (χ2n) is 6.17. The second-order valence-corrected chi connectivity index (χ2v) is 7.11. The molecular formula is C18H20N4O3S. The molecular weight excluding hydrogens is 352 g/mol. The van der Waals surface area contributed by atoms with Crippen LogP contribution in [-0.2, 0) is 4.79 Å². The van der Waals surface area contributed by atoms with Crippen molar-refractivity contribution >= 4 is 34.2 Å². The van der Waals surface area contributed by atoms with Crippen molar-refractivity contribution < 1.29 is 14.7 Å². The highest BCUT2D eigenvalue weighted by Crippen LogP contribution is 2.29. The molecule has 8 heteroatoms.